The largest absolute Gasteiger partial charge is 0.497 e. The van der Waals surface area contributed by atoms with Crippen LogP contribution < -0.4 is 48.0 Å². The topological polar surface area (TPSA) is 124 Å². The molecule has 0 atom stereocenters. The number of anilines is 12. The summed E-state index contributed by atoms with van der Waals surface area (Å²) in [7, 11) is 21.0. The molecule has 0 radical (unpaired) electrons. The van der Waals surface area contributed by atoms with Crippen molar-refractivity contribution in [2.75, 3.05) is 145 Å². The minimum atomic E-state index is -0.601. The molecule has 115 heavy (non-hydrogen) atoms. The summed E-state index contributed by atoms with van der Waals surface area (Å²) < 4.78 is 71.6. The zero-order chi connectivity index (χ0) is 79.8. The van der Waals surface area contributed by atoms with E-state index in [1.165, 1.54) is 33.4 Å². The monoisotopic (exact) mass is 1540 g/mol. The quantitative estimate of drug-likeness (QED) is 0.0370. The summed E-state index contributed by atoms with van der Waals surface area (Å²) in [6.45, 7) is 2.96. The van der Waals surface area contributed by atoms with Gasteiger partial charge in [-0.1, -0.05) is 36.4 Å². The Labute approximate surface area is 676 Å². The Morgan fingerprint density at radius 2 is 0.304 bits per heavy atom. The highest BCUT2D eigenvalue weighted by molar-refractivity contribution is 5.94. The van der Waals surface area contributed by atoms with E-state index < -0.39 is 16.2 Å². The normalized spacial score (nSPS) is 13.4. The van der Waals surface area contributed by atoms with Crippen LogP contribution in [0.4, 0.5) is 68.2 Å². The Hall–Kier alpha value is -11.6. The zero-order valence-corrected chi connectivity index (χ0v) is 67.9. The third-order valence-electron chi connectivity index (χ3n) is 23.9. The molecule has 0 aromatic heterocycles. The molecule has 3 aliphatic carbocycles. The summed E-state index contributed by atoms with van der Waals surface area (Å²) in [6.07, 6.45) is 4.05. The lowest BCUT2D eigenvalue weighted by atomic mass is 9.72. The average molecular weight is 1540 g/mol. The lowest BCUT2D eigenvalue weighted by molar-refractivity contribution is 0.145. The van der Waals surface area contributed by atoms with Crippen LogP contribution in [0.25, 0.3) is 33.4 Å². The molecule has 15 rings (SSSR count). The van der Waals surface area contributed by atoms with Gasteiger partial charge in [0.05, 0.1) is 42.7 Å². The third-order valence-corrected chi connectivity index (χ3v) is 23.9. The van der Waals surface area contributed by atoms with Gasteiger partial charge in [-0.3, -0.25) is 0 Å². The molecule has 0 N–H and O–H groups in total. The molecule has 0 amide bonds. The maximum atomic E-state index is 6.22. The second-order valence-corrected chi connectivity index (χ2v) is 29.6. The van der Waals surface area contributed by atoms with Gasteiger partial charge >= 0.3 is 0 Å². The first-order chi connectivity index (χ1) is 56.4. The van der Waals surface area contributed by atoms with E-state index in [9.17, 15) is 0 Å². The fraction of sp³-hybridized carbons (Fsp3) is 0.273. The van der Waals surface area contributed by atoms with E-state index in [0.717, 1.165) is 136 Å². The van der Waals surface area contributed by atoms with E-state index in [0.29, 0.717) is 78.2 Å². The first kappa shape index (κ1) is 78.7. The molecule has 16 nitrogen and oxygen atoms in total. The van der Waals surface area contributed by atoms with Gasteiger partial charge in [0, 0.05) is 167 Å². The second-order valence-electron chi connectivity index (χ2n) is 29.6. The highest BCUT2D eigenvalue weighted by atomic mass is 16.5. The van der Waals surface area contributed by atoms with Crippen molar-refractivity contribution in [3.05, 3.63) is 288 Å². The zero-order valence-electron chi connectivity index (χ0n) is 67.9. The second kappa shape index (κ2) is 34.6. The summed E-state index contributed by atoms with van der Waals surface area (Å²) in [5.74, 6) is 4.64. The van der Waals surface area contributed by atoms with E-state index in [1.807, 2.05) is 72.8 Å². The van der Waals surface area contributed by atoms with Gasteiger partial charge in [-0.2, -0.15) is 0 Å². The number of rotatable bonds is 36. The predicted molar refractivity (Wildman–Crippen MR) is 462 cm³/mol. The molecule has 12 aromatic rings. The SMILES string of the molecule is COCCC1(CCOC)c2cc(N(c3ccc(OC)cc3)c3ccc(OC)cc3)ccc2-c2ccc(N(c3ccc4c(c3)C(CCOC)(CCOC)c3cc(N(c5ccc(OC)cc5)c5ccc(OC)cc5)ccc3-4)c3ccc4c(c3)C(CCOC)(CCOC)c3cc(N(c5ccc(OC)cc5)c5ccc(OC)cc5)ccc3-4)cc21. The van der Waals surface area contributed by atoms with Crippen molar-refractivity contribution in [3.63, 3.8) is 0 Å². The number of hydrogen-bond acceptors (Lipinski definition) is 16. The molecular formula is C99H102N4O12. The van der Waals surface area contributed by atoms with Gasteiger partial charge in [0.1, 0.15) is 34.5 Å². The number of nitrogens with zero attached hydrogens (tertiary/aromatic N) is 4. The van der Waals surface area contributed by atoms with Crippen LogP contribution in [0.1, 0.15) is 71.9 Å². The van der Waals surface area contributed by atoms with Crippen LogP contribution in [0.5, 0.6) is 34.5 Å². The molecule has 0 saturated carbocycles. The van der Waals surface area contributed by atoms with E-state index in [1.54, 1.807) is 85.3 Å². The van der Waals surface area contributed by atoms with E-state index in [2.05, 4.69) is 202 Å². The van der Waals surface area contributed by atoms with Gasteiger partial charge in [0.2, 0.25) is 0 Å². The standard InChI is InChI=1S/C99H102N4O12/c1-104-55-49-97(50-56-105-2)91-61-73(100(67-13-31-79(110-7)32-14-67)68-15-33-80(111-8)34-16-68)25-43-85(91)88-46-28-76(64-94(88)97)103(77-29-47-89-86-44-26-74(62-92(86)98(51-57-106-3,52-58-107-4)95(89)65-77)101(69-17-35-81(112-9)36-18-69)70-19-37-82(113-10)38-20-70)78-30-48-90-87-45-27-75(63-93(87)99(53-59-108-5,54-60-109-6)96(90)66-78)102(71-21-39-83(114-11)40-22-71)72-23-41-84(115-12)42-24-72/h13-48,61-66H,49-60H2,1-12H3. The molecule has 0 saturated heterocycles. The van der Waals surface area contributed by atoms with Gasteiger partial charge in [-0.25, -0.2) is 0 Å². The molecule has 0 unspecified atom stereocenters. The average Bonchev–Trinajstić information content (AvgIpc) is 1.56. The van der Waals surface area contributed by atoms with Crippen LogP contribution in [0.2, 0.25) is 0 Å². The van der Waals surface area contributed by atoms with Crippen LogP contribution in [0, 0.1) is 0 Å². The number of ether oxygens (including phenoxy) is 12. The summed E-state index contributed by atoms with van der Waals surface area (Å²) >= 11 is 0. The molecule has 3 aliphatic rings. The summed E-state index contributed by atoms with van der Waals surface area (Å²) in [4.78, 5) is 9.42. The van der Waals surface area contributed by atoms with Gasteiger partial charge in [-0.15, -0.1) is 0 Å². The summed E-state index contributed by atoms with van der Waals surface area (Å²) in [6, 6.07) is 91.9. The van der Waals surface area contributed by atoms with Crippen molar-refractivity contribution in [1.82, 2.24) is 0 Å². The lowest BCUT2D eigenvalue weighted by Crippen LogP contribution is -2.30. The van der Waals surface area contributed by atoms with Crippen molar-refractivity contribution >= 4 is 68.2 Å². The fourth-order valence-corrected chi connectivity index (χ4v) is 18.1. The number of benzene rings is 12. The maximum absolute atomic E-state index is 6.22. The summed E-state index contributed by atoms with van der Waals surface area (Å²) in [5.41, 5.74) is 24.2. The Morgan fingerprint density at radius 3 is 0.435 bits per heavy atom. The minimum Gasteiger partial charge on any atom is -0.497 e. The highest BCUT2D eigenvalue weighted by Crippen LogP contribution is 2.61. The smallest absolute Gasteiger partial charge is 0.119 e. The molecule has 0 aliphatic heterocycles. The number of fused-ring (bicyclic) bond motifs is 9. The Kier molecular flexibility index (Phi) is 23.7. The van der Waals surface area contributed by atoms with Crippen molar-refractivity contribution < 1.29 is 56.8 Å². The molecule has 0 spiro atoms. The van der Waals surface area contributed by atoms with Crippen molar-refractivity contribution in [2.45, 2.75) is 54.8 Å². The maximum Gasteiger partial charge on any atom is 0.119 e. The van der Waals surface area contributed by atoms with Crippen LogP contribution >= 0.6 is 0 Å². The predicted octanol–water partition coefficient (Wildman–Crippen LogP) is 22.6. The molecule has 0 heterocycles. The highest BCUT2D eigenvalue weighted by Gasteiger charge is 2.48. The first-order valence-electron chi connectivity index (χ1n) is 39.3. The Morgan fingerprint density at radius 1 is 0.174 bits per heavy atom. The van der Waals surface area contributed by atoms with E-state index >= 15 is 0 Å². The van der Waals surface area contributed by atoms with Crippen molar-refractivity contribution in [1.29, 1.82) is 0 Å². The first-order valence-corrected chi connectivity index (χ1v) is 39.3. The molecule has 590 valence electrons. The Bertz CT molecular complexity index is 4650. The number of hydrogen-bond donors (Lipinski definition) is 0. The van der Waals surface area contributed by atoms with Crippen LogP contribution in [0.15, 0.2) is 255 Å². The van der Waals surface area contributed by atoms with Gasteiger partial charge in [-0.05, 0) is 324 Å². The molecule has 0 bridgehead atoms. The number of methoxy groups -OCH3 is 12. The van der Waals surface area contributed by atoms with Gasteiger partial charge in [0.15, 0.2) is 0 Å². The van der Waals surface area contributed by atoms with Crippen LogP contribution in [0.3, 0.4) is 0 Å². The van der Waals surface area contributed by atoms with Gasteiger partial charge < -0.3 is 76.4 Å². The van der Waals surface area contributed by atoms with Crippen LogP contribution in [-0.4, -0.2) is 125 Å². The minimum absolute atomic E-state index is 0.494. The third kappa shape index (κ3) is 14.8. The summed E-state index contributed by atoms with van der Waals surface area (Å²) in [5, 5.41) is 0. The van der Waals surface area contributed by atoms with E-state index in [-0.39, 0.29) is 0 Å². The van der Waals surface area contributed by atoms with E-state index in [4.69, 9.17) is 56.8 Å². The van der Waals surface area contributed by atoms with Crippen molar-refractivity contribution in [2.24, 2.45) is 0 Å². The molecule has 16 heteroatoms. The molecular weight excluding hydrogens is 1440 g/mol. The van der Waals surface area contributed by atoms with Crippen molar-refractivity contribution in [3.8, 4) is 67.9 Å². The molecule has 0 fully saturated rings. The Balaban J connectivity index is 0.950. The fourth-order valence-electron chi connectivity index (χ4n) is 18.1. The lowest BCUT2D eigenvalue weighted by Gasteiger charge is -2.36. The van der Waals surface area contributed by atoms with Gasteiger partial charge in [0.25, 0.3) is 0 Å². The molecule has 12 aromatic carbocycles. The van der Waals surface area contributed by atoms with Crippen LogP contribution in [-0.2, 0) is 44.7 Å².